The van der Waals surface area contributed by atoms with Crippen molar-refractivity contribution in [3.63, 3.8) is 0 Å². The van der Waals surface area contributed by atoms with E-state index in [1.807, 2.05) is 58.0 Å². The van der Waals surface area contributed by atoms with E-state index in [2.05, 4.69) is 5.10 Å². The van der Waals surface area contributed by atoms with Crippen molar-refractivity contribution in [3.05, 3.63) is 76.9 Å². The Bertz CT molecular complexity index is 1100. The molecular weight excluding hydrogens is 423 g/mol. The van der Waals surface area contributed by atoms with Crippen LogP contribution in [0.15, 0.2) is 54.2 Å². The molecule has 1 aromatic heterocycles. The highest BCUT2D eigenvalue weighted by atomic mass is 19.1. The standard InChI is InChI=1S/C24H25FN2O4.C2H6/c1-16(2)11-22-18(14-26-27(22)23-13-19(30-3)8-9-21(23)25)15-31-20-6-4-5-17(12-20)7-10-24(28)29;1-2/h4-6,8-9,11-14H,7,10,15H2,1-3H3,(H,28,29);1-2H3. The van der Waals surface area contributed by atoms with Crippen LogP contribution in [0.5, 0.6) is 11.5 Å². The van der Waals surface area contributed by atoms with Gasteiger partial charge in [0.05, 0.1) is 19.0 Å². The molecule has 0 aliphatic rings. The van der Waals surface area contributed by atoms with Crippen molar-refractivity contribution in [1.29, 1.82) is 0 Å². The number of halogens is 1. The molecule has 0 aliphatic carbocycles. The Labute approximate surface area is 194 Å². The molecule has 3 aromatic rings. The average Bonchev–Trinajstić information content (AvgIpc) is 3.19. The minimum absolute atomic E-state index is 0.0625. The summed E-state index contributed by atoms with van der Waals surface area (Å²) in [6.45, 7) is 8.14. The number of carboxylic acid groups (broad SMARTS) is 1. The minimum atomic E-state index is -0.838. The third-order valence-electron chi connectivity index (χ3n) is 4.61. The molecule has 3 rings (SSSR count). The molecule has 0 saturated carbocycles. The maximum atomic E-state index is 14.5. The smallest absolute Gasteiger partial charge is 0.303 e. The highest BCUT2D eigenvalue weighted by Gasteiger charge is 2.15. The third-order valence-corrected chi connectivity index (χ3v) is 4.61. The predicted molar refractivity (Wildman–Crippen MR) is 127 cm³/mol. The molecule has 176 valence electrons. The van der Waals surface area contributed by atoms with E-state index in [1.54, 1.807) is 18.3 Å². The predicted octanol–water partition coefficient (Wildman–Crippen LogP) is 6.07. The lowest BCUT2D eigenvalue weighted by Gasteiger charge is -2.11. The Kier molecular flexibility index (Phi) is 9.66. The molecule has 0 saturated heterocycles. The van der Waals surface area contributed by atoms with E-state index in [0.29, 0.717) is 23.6 Å². The van der Waals surface area contributed by atoms with E-state index in [4.69, 9.17) is 14.6 Å². The molecule has 0 spiro atoms. The molecule has 6 nitrogen and oxygen atoms in total. The zero-order chi connectivity index (χ0) is 24.4. The number of benzene rings is 2. The number of aryl methyl sites for hydroxylation is 1. The second-order valence-corrected chi connectivity index (χ2v) is 7.34. The van der Waals surface area contributed by atoms with Gasteiger partial charge in [0.15, 0.2) is 0 Å². The lowest BCUT2D eigenvalue weighted by atomic mass is 10.1. The molecule has 0 unspecified atom stereocenters. The first-order valence-corrected chi connectivity index (χ1v) is 10.9. The number of aliphatic carboxylic acids is 1. The molecule has 33 heavy (non-hydrogen) atoms. The fourth-order valence-corrected chi connectivity index (χ4v) is 3.11. The van der Waals surface area contributed by atoms with Gasteiger partial charge in [-0.05, 0) is 56.2 Å². The summed E-state index contributed by atoms with van der Waals surface area (Å²) >= 11 is 0. The lowest BCUT2D eigenvalue weighted by Crippen LogP contribution is -2.05. The van der Waals surface area contributed by atoms with Gasteiger partial charge >= 0.3 is 5.97 Å². The van der Waals surface area contributed by atoms with E-state index < -0.39 is 11.8 Å². The Morgan fingerprint density at radius 3 is 2.58 bits per heavy atom. The number of carboxylic acids is 1. The van der Waals surface area contributed by atoms with E-state index in [-0.39, 0.29) is 18.7 Å². The molecule has 0 aliphatic heterocycles. The Morgan fingerprint density at radius 1 is 1.15 bits per heavy atom. The zero-order valence-corrected chi connectivity index (χ0v) is 19.8. The third kappa shape index (κ3) is 7.20. The number of methoxy groups -OCH3 is 1. The summed E-state index contributed by atoms with van der Waals surface area (Å²) in [5.41, 5.74) is 3.71. The van der Waals surface area contributed by atoms with Crippen LogP contribution in [0, 0.1) is 5.82 Å². The maximum absolute atomic E-state index is 14.5. The summed E-state index contributed by atoms with van der Waals surface area (Å²) < 4.78 is 27.2. The molecular formula is C26H31FN2O4. The van der Waals surface area contributed by atoms with Gasteiger partial charge in [0.2, 0.25) is 0 Å². The van der Waals surface area contributed by atoms with E-state index in [0.717, 1.165) is 16.7 Å². The van der Waals surface area contributed by atoms with Gasteiger partial charge in [-0.25, -0.2) is 9.07 Å². The van der Waals surface area contributed by atoms with Crippen LogP contribution in [0.2, 0.25) is 0 Å². The van der Waals surface area contributed by atoms with Gasteiger partial charge in [0.25, 0.3) is 0 Å². The first kappa shape index (κ1) is 25.6. The Balaban J connectivity index is 0.00000187. The van der Waals surface area contributed by atoms with Crippen molar-refractivity contribution < 1.29 is 23.8 Å². The van der Waals surface area contributed by atoms with Gasteiger partial charge in [-0.15, -0.1) is 0 Å². The van der Waals surface area contributed by atoms with Crippen molar-refractivity contribution >= 4 is 12.0 Å². The second kappa shape index (κ2) is 12.4. The van der Waals surface area contributed by atoms with Gasteiger partial charge < -0.3 is 14.6 Å². The van der Waals surface area contributed by atoms with Crippen LogP contribution in [0.4, 0.5) is 4.39 Å². The number of hydrogen-bond donors (Lipinski definition) is 1. The number of allylic oxidation sites excluding steroid dienone is 1. The summed E-state index contributed by atoms with van der Waals surface area (Å²) in [7, 11) is 1.53. The van der Waals surface area contributed by atoms with Crippen LogP contribution < -0.4 is 9.47 Å². The number of carbonyl (C=O) groups is 1. The van der Waals surface area contributed by atoms with Crippen LogP contribution in [0.25, 0.3) is 11.8 Å². The zero-order valence-electron chi connectivity index (χ0n) is 19.8. The largest absolute Gasteiger partial charge is 0.497 e. The molecule has 0 amide bonds. The SMILES string of the molecule is CC.COc1ccc(F)c(-n2ncc(COc3cccc(CCC(=O)O)c3)c2C=C(C)C)c1. The second-order valence-electron chi connectivity index (χ2n) is 7.34. The van der Waals surface area contributed by atoms with Crippen molar-refractivity contribution in [2.75, 3.05) is 7.11 Å². The van der Waals surface area contributed by atoms with E-state index in [1.165, 1.54) is 17.9 Å². The summed E-state index contributed by atoms with van der Waals surface area (Å²) in [6, 6.07) is 11.9. The van der Waals surface area contributed by atoms with Crippen molar-refractivity contribution in [3.8, 4) is 17.2 Å². The van der Waals surface area contributed by atoms with Crippen LogP contribution in [-0.2, 0) is 17.8 Å². The fourth-order valence-electron chi connectivity index (χ4n) is 3.11. The van der Waals surface area contributed by atoms with E-state index >= 15 is 0 Å². The quantitative estimate of drug-likeness (QED) is 0.425. The Morgan fingerprint density at radius 2 is 1.91 bits per heavy atom. The molecule has 0 atom stereocenters. The number of rotatable bonds is 9. The Hall–Kier alpha value is -3.61. The molecule has 0 bridgehead atoms. The monoisotopic (exact) mass is 454 g/mol. The first-order valence-electron chi connectivity index (χ1n) is 10.9. The first-order chi connectivity index (χ1) is 15.9. The van der Waals surface area contributed by atoms with Gasteiger partial charge in [-0.1, -0.05) is 31.6 Å². The van der Waals surface area contributed by atoms with Gasteiger partial charge in [0, 0.05) is 18.1 Å². The summed E-state index contributed by atoms with van der Waals surface area (Å²) in [5.74, 6) is -0.0850. The van der Waals surface area contributed by atoms with Crippen LogP contribution >= 0.6 is 0 Å². The molecule has 1 N–H and O–H groups in total. The average molecular weight is 455 g/mol. The van der Waals surface area contributed by atoms with Gasteiger partial charge in [-0.2, -0.15) is 5.10 Å². The number of ether oxygens (including phenoxy) is 2. The molecule has 0 fully saturated rings. The number of hydrogen-bond acceptors (Lipinski definition) is 4. The van der Waals surface area contributed by atoms with Gasteiger partial charge in [0.1, 0.15) is 29.6 Å². The number of aromatic nitrogens is 2. The summed E-state index contributed by atoms with van der Waals surface area (Å²) in [5, 5.41) is 13.3. The minimum Gasteiger partial charge on any atom is -0.497 e. The molecule has 7 heteroatoms. The molecule has 1 heterocycles. The van der Waals surface area contributed by atoms with Crippen molar-refractivity contribution in [2.24, 2.45) is 0 Å². The number of nitrogens with zero attached hydrogens (tertiary/aromatic N) is 2. The van der Waals surface area contributed by atoms with Crippen LogP contribution in [0.3, 0.4) is 0 Å². The lowest BCUT2D eigenvalue weighted by molar-refractivity contribution is -0.136. The fraction of sp³-hybridized carbons (Fsp3) is 0.308. The van der Waals surface area contributed by atoms with Crippen LogP contribution in [0.1, 0.15) is 50.9 Å². The molecule has 2 aromatic carbocycles. The summed E-state index contributed by atoms with van der Waals surface area (Å²) in [4.78, 5) is 10.8. The highest BCUT2D eigenvalue weighted by Crippen LogP contribution is 2.25. The topological polar surface area (TPSA) is 73.6 Å². The van der Waals surface area contributed by atoms with Crippen molar-refractivity contribution in [2.45, 2.75) is 47.1 Å². The highest BCUT2D eigenvalue weighted by molar-refractivity contribution is 5.67. The van der Waals surface area contributed by atoms with Crippen LogP contribution in [-0.4, -0.2) is 28.0 Å². The summed E-state index contributed by atoms with van der Waals surface area (Å²) in [6.07, 6.45) is 4.07. The van der Waals surface area contributed by atoms with Crippen molar-refractivity contribution in [1.82, 2.24) is 9.78 Å². The normalized spacial score (nSPS) is 10.1. The van der Waals surface area contributed by atoms with E-state index in [9.17, 15) is 9.18 Å². The maximum Gasteiger partial charge on any atom is 0.303 e. The van der Waals surface area contributed by atoms with Gasteiger partial charge in [-0.3, -0.25) is 4.79 Å². The molecule has 0 radical (unpaired) electrons.